The first-order chi connectivity index (χ1) is 13.9. The molecule has 10 heteroatoms. The number of nitrogens with zero attached hydrogens (tertiary/aromatic N) is 5. The molecule has 1 saturated carbocycles. The number of halogens is 3. The first-order valence-electron chi connectivity index (χ1n) is 9.60. The highest BCUT2D eigenvalue weighted by Crippen LogP contribution is 2.45. The van der Waals surface area contributed by atoms with Crippen LogP contribution in [0.15, 0.2) is 24.5 Å². The Hall–Kier alpha value is -2.20. The number of fused-ring (bicyclic) bond motifs is 1. The third-order valence-electron chi connectivity index (χ3n) is 5.97. The highest BCUT2D eigenvalue weighted by molar-refractivity contribution is 5.49. The van der Waals surface area contributed by atoms with Gasteiger partial charge in [-0.3, -0.25) is 0 Å². The van der Waals surface area contributed by atoms with Crippen LogP contribution >= 0.6 is 0 Å². The molecule has 0 spiro atoms. The van der Waals surface area contributed by atoms with Crippen LogP contribution < -0.4 is 4.90 Å². The Kier molecular flexibility index (Phi) is 5.48. The summed E-state index contributed by atoms with van der Waals surface area (Å²) in [7, 11) is 3.26. The van der Waals surface area contributed by atoms with Gasteiger partial charge in [-0.1, -0.05) is 5.21 Å². The lowest BCUT2D eigenvalue weighted by Crippen LogP contribution is -2.37. The van der Waals surface area contributed by atoms with E-state index >= 15 is 0 Å². The zero-order valence-electron chi connectivity index (χ0n) is 16.3. The largest absolute Gasteiger partial charge is 0.419 e. The van der Waals surface area contributed by atoms with Gasteiger partial charge in [0.2, 0.25) is 0 Å². The highest BCUT2D eigenvalue weighted by atomic mass is 19.4. The molecule has 2 aromatic heterocycles. The van der Waals surface area contributed by atoms with E-state index in [9.17, 15) is 13.2 Å². The number of methoxy groups -OCH3 is 2. The van der Waals surface area contributed by atoms with E-state index < -0.39 is 11.7 Å². The highest BCUT2D eigenvalue weighted by Gasteiger charge is 2.45. The van der Waals surface area contributed by atoms with Crippen molar-refractivity contribution < 1.29 is 22.6 Å². The minimum Gasteiger partial charge on any atom is -0.379 e. The molecular weight excluding hydrogens is 387 g/mol. The number of ether oxygens (including phenoxy) is 2. The summed E-state index contributed by atoms with van der Waals surface area (Å²) in [6.07, 6.45) is 0.306. The molecule has 0 radical (unpaired) electrons. The van der Waals surface area contributed by atoms with Crippen molar-refractivity contribution in [3.63, 3.8) is 0 Å². The number of hydrogen-bond acceptors (Lipinski definition) is 6. The van der Waals surface area contributed by atoms with Crippen molar-refractivity contribution in [3.8, 4) is 0 Å². The molecule has 2 aliphatic rings. The van der Waals surface area contributed by atoms with Gasteiger partial charge >= 0.3 is 6.18 Å². The number of pyridine rings is 1. The molecule has 2 aromatic rings. The van der Waals surface area contributed by atoms with Gasteiger partial charge in [0, 0.05) is 33.5 Å². The van der Waals surface area contributed by atoms with Gasteiger partial charge < -0.3 is 14.4 Å². The predicted octanol–water partition coefficient (Wildman–Crippen LogP) is 2.94. The second kappa shape index (κ2) is 7.91. The van der Waals surface area contributed by atoms with Gasteiger partial charge in [-0.05, 0) is 36.8 Å². The average Bonchev–Trinajstić information content (AvgIpc) is 3.33. The second-order valence-corrected chi connectivity index (χ2v) is 7.73. The molecule has 1 aliphatic heterocycles. The average molecular weight is 411 g/mol. The molecule has 0 N–H and O–H groups in total. The SMILES string of the molecule is COCc1cn([C@@H]2C[C@@H]3CN(c4ncccc4C(F)(F)F)C[C@@H]3C[C@H]2OC)nn1. The minimum absolute atomic E-state index is 0.00914. The third-order valence-corrected chi connectivity index (χ3v) is 5.97. The Bertz CT molecular complexity index is 843. The molecule has 0 bridgehead atoms. The van der Waals surface area contributed by atoms with E-state index in [0.717, 1.165) is 24.6 Å². The number of alkyl halides is 3. The van der Waals surface area contributed by atoms with Gasteiger partial charge in [0.05, 0.1) is 30.5 Å². The van der Waals surface area contributed by atoms with Gasteiger partial charge in [-0.25, -0.2) is 9.67 Å². The van der Waals surface area contributed by atoms with Crippen molar-refractivity contribution >= 4 is 5.82 Å². The maximum Gasteiger partial charge on any atom is 0.419 e. The molecule has 29 heavy (non-hydrogen) atoms. The van der Waals surface area contributed by atoms with Gasteiger partial charge in [-0.15, -0.1) is 5.10 Å². The Morgan fingerprint density at radius 1 is 1.17 bits per heavy atom. The normalized spacial score (nSPS) is 27.3. The summed E-state index contributed by atoms with van der Waals surface area (Å²) in [6.45, 7) is 1.46. The topological polar surface area (TPSA) is 65.3 Å². The zero-order valence-corrected chi connectivity index (χ0v) is 16.3. The fourth-order valence-electron chi connectivity index (χ4n) is 4.65. The molecule has 7 nitrogen and oxygen atoms in total. The van der Waals surface area contributed by atoms with E-state index in [-0.39, 0.29) is 29.8 Å². The van der Waals surface area contributed by atoms with Gasteiger partial charge in [0.15, 0.2) is 0 Å². The van der Waals surface area contributed by atoms with Crippen LogP contribution in [0.2, 0.25) is 0 Å². The fraction of sp³-hybridized carbons (Fsp3) is 0.632. The second-order valence-electron chi connectivity index (χ2n) is 7.73. The molecule has 1 saturated heterocycles. The molecule has 1 aliphatic carbocycles. The molecule has 0 aromatic carbocycles. The maximum atomic E-state index is 13.4. The van der Waals surface area contributed by atoms with Crippen LogP contribution in [0.4, 0.5) is 19.0 Å². The first-order valence-corrected chi connectivity index (χ1v) is 9.60. The number of rotatable bonds is 5. The summed E-state index contributed by atoms with van der Waals surface area (Å²) in [6, 6.07) is 2.41. The van der Waals surface area contributed by atoms with Crippen LogP contribution in [0.1, 0.15) is 30.1 Å². The summed E-state index contributed by atoms with van der Waals surface area (Å²) in [5.41, 5.74) is 0.0554. The van der Waals surface area contributed by atoms with E-state index in [1.165, 1.54) is 12.3 Å². The Morgan fingerprint density at radius 2 is 1.93 bits per heavy atom. The lowest BCUT2D eigenvalue weighted by molar-refractivity contribution is -0.137. The van der Waals surface area contributed by atoms with Crippen molar-refractivity contribution in [2.24, 2.45) is 11.8 Å². The van der Waals surface area contributed by atoms with Crippen LogP contribution in [0.5, 0.6) is 0 Å². The Morgan fingerprint density at radius 3 is 2.62 bits per heavy atom. The predicted molar refractivity (Wildman–Crippen MR) is 98.2 cm³/mol. The van der Waals surface area contributed by atoms with Crippen molar-refractivity contribution in [1.82, 2.24) is 20.0 Å². The molecule has 3 heterocycles. The van der Waals surface area contributed by atoms with Crippen LogP contribution in [0.25, 0.3) is 0 Å². The van der Waals surface area contributed by atoms with Crippen molar-refractivity contribution in [2.75, 3.05) is 32.2 Å². The lowest BCUT2D eigenvalue weighted by atomic mass is 9.77. The number of anilines is 1. The summed E-state index contributed by atoms with van der Waals surface area (Å²) >= 11 is 0. The minimum atomic E-state index is -4.42. The molecule has 0 amide bonds. The van der Waals surface area contributed by atoms with Crippen LogP contribution in [0, 0.1) is 11.8 Å². The molecule has 158 valence electrons. The van der Waals surface area contributed by atoms with Gasteiger partial charge in [0.1, 0.15) is 11.5 Å². The van der Waals surface area contributed by atoms with Crippen molar-refractivity contribution in [1.29, 1.82) is 0 Å². The molecule has 4 rings (SSSR count). The molecular formula is C19H24F3N5O2. The maximum absolute atomic E-state index is 13.4. The van der Waals surface area contributed by atoms with Gasteiger partial charge in [-0.2, -0.15) is 13.2 Å². The fourth-order valence-corrected chi connectivity index (χ4v) is 4.65. The third kappa shape index (κ3) is 3.95. The standard InChI is InChI=1S/C19H24F3N5O2/c1-28-11-14-10-27(25-24-14)16-6-12-8-26(9-13(12)7-17(16)29-2)18-15(19(20,21)22)4-3-5-23-18/h3-5,10,12-13,16-17H,6-9,11H2,1-2H3/t12-,13+,16-,17-/m1/s1. The van der Waals surface area contributed by atoms with E-state index in [4.69, 9.17) is 9.47 Å². The number of aromatic nitrogens is 4. The quantitative estimate of drug-likeness (QED) is 0.754. The van der Waals surface area contributed by atoms with E-state index in [0.29, 0.717) is 19.7 Å². The molecule has 2 fully saturated rings. The first kappa shape index (κ1) is 20.1. The zero-order chi connectivity index (χ0) is 20.6. The summed E-state index contributed by atoms with van der Waals surface area (Å²) in [5.74, 6) is 0.508. The molecule has 4 atom stereocenters. The van der Waals surface area contributed by atoms with Gasteiger partial charge in [0.25, 0.3) is 0 Å². The summed E-state index contributed by atoms with van der Waals surface area (Å²) in [4.78, 5) is 5.83. The Labute approximate surface area is 166 Å². The van der Waals surface area contributed by atoms with Crippen LogP contribution in [-0.2, 0) is 22.3 Å². The summed E-state index contributed by atoms with van der Waals surface area (Å²) < 4.78 is 52.9. The number of hydrogen-bond donors (Lipinski definition) is 0. The molecule has 0 unspecified atom stereocenters. The Balaban J connectivity index is 1.54. The van der Waals surface area contributed by atoms with Crippen LogP contribution in [0.3, 0.4) is 0 Å². The van der Waals surface area contributed by atoms with Crippen LogP contribution in [-0.4, -0.2) is 53.4 Å². The van der Waals surface area contributed by atoms with E-state index in [2.05, 4.69) is 15.3 Å². The van der Waals surface area contributed by atoms with Crippen molar-refractivity contribution in [2.45, 2.75) is 37.8 Å². The summed E-state index contributed by atoms with van der Waals surface area (Å²) in [5, 5.41) is 8.35. The van der Waals surface area contributed by atoms with Crippen molar-refractivity contribution in [3.05, 3.63) is 35.8 Å². The van der Waals surface area contributed by atoms with E-state index in [1.807, 2.05) is 10.9 Å². The monoisotopic (exact) mass is 411 g/mol. The van der Waals surface area contributed by atoms with E-state index in [1.54, 1.807) is 19.1 Å². The smallest absolute Gasteiger partial charge is 0.379 e. The lowest BCUT2D eigenvalue weighted by Gasteiger charge is -2.36.